The molecule has 0 amide bonds. The molecule has 0 saturated carbocycles. The molecule has 0 unspecified atom stereocenters. The van der Waals surface area contributed by atoms with Crippen LogP contribution in [0.15, 0.2) is 42.6 Å². The molecule has 2 rings (SSSR count). The standard InChI is InChI=1S/C13H15N3O/c1-17-12-7-3-2-6-11(12)16-13-10(9-14)5-4-8-15-13/h2-8H,9,14H2,1H3,(H,15,16). The monoisotopic (exact) mass is 229 g/mol. The zero-order valence-corrected chi connectivity index (χ0v) is 9.68. The number of nitrogens with zero attached hydrogens (tertiary/aromatic N) is 1. The highest BCUT2D eigenvalue weighted by molar-refractivity contribution is 5.65. The lowest BCUT2D eigenvalue weighted by Gasteiger charge is -2.12. The first-order valence-corrected chi connectivity index (χ1v) is 5.39. The van der Waals surface area contributed by atoms with Crippen molar-refractivity contribution in [3.05, 3.63) is 48.2 Å². The Balaban J connectivity index is 2.31. The van der Waals surface area contributed by atoms with E-state index in [4.69, 9.17) is 10.5 Å². The van der Waals surface area contributed by atoms with E-state index in [1.54, 1.807) is 13.3 Å². The normalized spacial score (nSPS) is 10.0. The molecule has 2 aromatic rings. The highest BCUT2D eigenvalue weighted by Gasteiger charge is 2.05. The van der Waals surface area contributed by atoms with Crippen LogP contribution in [0.1, 0.15) is 5.56 Å². The summed E-state index contributed by atoms with van der Waals surface area (Å²) >= 11 is 0. The van der Waals surface area contributed by atoms with Crippen LogP contribution in [0.5, 0.6) is 5.75 Å². The molecule has 4 heteroatoms. The molecule has 0 aliphatic heterocycles. The van der Waals surface area contributed by atoms with E-state index in [1.807, 2.05) is 36.4 Å². The second-order valence-electron chi connectivity index (χ2n) is 3.54. The van der Waals surface area contributed by atoms with Gasteiger partial charge in [0, 0.05) is 18.3 Å². The van der Waals surface area contributed by atoms with Gasteiger partial charge in [-0.05, 0) is 18.2 Å². The molecule has 0 aliphatic carbocycles. The first-order chi connectivity index (χ1) is 8.35. The minimum atomic E-state index is 0.450. The average Bonchev–Trinajstić information content (AvgIpc) is 2.40. The van der Waals surface area contributed by atoms with Crippen molar-refractivity contribution in [1.82, 2.24) is 4.98 Å². The van der Waals surface area contributed by atoms with Gasteiger partial charge < -0.3 is 15.8 Å². The number of ether oxygens (including phenoxy) is 1. The third-order valence-electron chi connectivity index (χ3n) is 2.47. The minimum Gasteiger partial charge on any atom is -0.495 e. The summed E-state index contributed by atoms with van der Waals surface area (Å²) in [7, 11) is 1.64. The van der Waals surface area contributed by atoms with Gasteiger partial charge in [-0.1, -0.05) is 18.2 Å². The Morgan fingerprint density at radius 3 is 2.82 bits per heavy atom. The van der Waals surface area contributed by atoms with Crippen molar-refractivity contribution in [2.24, 2.45) is 5.73 Å². The van der Waals surface area contributed by atoms with Crippen molar-refractivity contribution in [1.29, 1.82) is 0 Å². The molecule has 0 atom stereocenters. The summed E-state index contributed by atoms with van der Waals surface area (Å²) < 4.78 is 5.27. The predicted octanol–water partition coefficient (Wildman–Crippen LogP) is 2.29. The van der Waals surface area contributed by atoms with Crippen molar-refractivity contribution in [2.75, 3.05) is 12.4 Å². The number of nitrogens with one attached hydrogen (secondary N) is 1. The molecule has 88 valence electrons. The van der Waals surface area contributed by atoms with Gasteiger partial charge >= 0.3 is 0 Å². The van der Waals surface area contributed by atoms with Crippen molar-refractivity contribution < 1.29 is 4.74 Å². The molecule has 0 bridgehead atoms. The molecule has 3 N–H and O–H groups in total. The lowest BCUT2D eigenvalue weighted by atomic mass is 10.2. The molecular formula is C13H15N3O. The number of benzene rings is 1. The predicted molar refractivity (Wildman–Crippen MR) is 68.4 cm³/mol. The van der Waals surface area contributed by atoms with E-state index in [2.05, 4.69) is 10.3 Å². The molecule has 17 heavy (non-hydrogen) atoms. The van der Waals surface area contributed by atoms with Crippen molar-refractivity contribution in [2.45, 2.75) is 6.54 Å². The molecule has 0 spiro atoms. The van der Waals surface area contributed by atoms with Crippen LogP contribution in [0.4, 0.5) is 11.5 Å². The number of methoxy groups -OCH3 is 1. The second kappa shape index (κ2) is 5.32. The maximum Gasteiger partial charge on any atom is 0.142 e. The molecule has 0 fully saturated rings. The van der Waals surface area contributed by atoms with Gasteiger partial charge in [0.15, 0.2) is 0 Å². The third kappa shape index (κ3) is 2.54. The number of rotatable bonds is 4. The summed E-state index contributed by atoms with van der Waals surface area (Å²) in [5.74, 6) is 1.54. The molecule has 0 saturated heterocycles. The van der Waals surface area contributed by atoms with Gasteiger partial charge in [0.2, 0.25) is 0 Å². The topological polar surface area (TPSA) is 60.2 Å². The van der Waals surface area contributed by atoms with Gasteiger partial charge in [-0.25, -0.2) is 4.98 Å². The summed E-state index contributed by atoms with van der Waals surface area (Å²) in [6.07, 6.45) is 1.73. The zero-order chi connectivity index (χ0) is 12.1. The lowest BCUT2D eigenvalue weighted by Crippen LogP contribution is -2.04. The number of para-hydroxylation sites is 2. The van der Waals surface area contributed by atoms with E-state index in [-0.39, 0.29) is 0 Å². The lowest BCUT2D eigenvalue weighted by molar-refractivity contribution is 0.417. The summed E-state index contributed by atoms with van der Waals surface area (Å²) in [6, 6.07) is 11.5. The third-order valence-corrected chi connectivity index (χ3v) is 2.47. The maximum absolute atomic E-state index is 5.66. The number of anilines is 2. The van der Waals surface area contributed by atoms with Crippen molar-refractivity contribution in [3.63, 3.8) is 0 Å². The highest BCUT2D eigenvalue weighted by atomic mass is 16.5. The Hall–Kier alpha value is -2.07. The number of hydrogen-bond acceptors (Lipinski definition) is 4. The fourth-order valence-corrected chi connectivity index (χ4v) is 1.59. The van der Waals surface area contributed by atoms with Crippen LogP contribution in [0, 0.1) is 0 Å². The summed E-state index contributed by atoms with van der Waals surface area (Å²) in [5.41, 5.74) is 7.51. The Labute approximate surface area is 100 Å². The first kappa shape index (κ1) is 11.4. The summed E-state index contributed by atoms with van der Waals surface area (Å²) in [4.78, 5) is 4.27. The van der Waals surface area contributed by atoms with E-state index in [9.17, 15) is 0 Å². The Morgan fingerprint density at radius 1 is 1.24 bits per heavy atom. The van der Waals surface area contributed by atoms with E-state index in [0.717, 1.165) is 22.8 Å². The fraction of sp³-hybridized carbons (Fsp3) is 0.154. The van der Waals surface area contributed by atoms with Crippen LogP contribution in [0.2, 0.25) is 0 Å². The van der Waals surface area contributed by atoms with Gasteiger partial charge in [0.05, 0.1) is 12.8 Å². The average molecular weight is 229 g/mol. The van der Waals surface area contributed by atoms with Gasteiger partial charge in [-0.15, -0.1) is 0 Å². The molecule has 1 heterocycles. The second-order valence-corrected chi connectivity index (χ2v) is 3.54. The fourth-order valence-electron chi connectivity index (χ4n) is 1.59. The highest BCUT2D eigenvalue weighted by Crippen LogP contribution is 2.27. The quantitative estimate of drug-likeness (QED) is 0.844. The van der Waals surface area contributed by atoms with Crippen LogP contribution in [0.3, 0.4) is 0 Å². The van der Waals surface area contributed by atoms with Gasteiger partial charge in [0.25, 0.3) is 0 Å². The SMILES string of the molecule is COc1ccccc1Nc1ncccc1CN. The van der Waals surface area contributed by atoms with Crippen LogP contribution in [-0.4, -0.2) is 12.1 Å². The van der Waals surface area contributed by atoms with Crippen LogP contribution >= 0.6 is 0 Å². The number of nitrogens with two attached hydrogens (primary N) is 1. The summed E-state index contributed by atoms with van der Waals surface area (Å²) in [5, 5.41) is 3.23. The van der Waals surface area contributed by atoms with Gasteiger partial charge in [-0.3, -0.25) is 0 Å². The van der Waals surface area contributed by atoms with E-state index < -0.39 is 0 Å². The molecule has 0 aliphatic rings. The maximum atomic E-state index is 5.66. The zero-order valence-electron chi connectivity index (χ0n) is 9.68. The van der Waals surface area contributed by atoms with Crippen LogP contribution < -0.4 is 15.8 Å². The van der Waals surface area contributed by atoms with E-state index in [1.165, 1.54) is 0 Å². The summed E-state index contributed by atoms with van der Waals surface area (Å²) in [6.45, 7) is 0.450. The Kier molecular flexibility index (Phi) is 3.57. The van der Waals surface area contributed by atoms with Crippen LogP contribution in [0.25, 0.3) is 0 Å². The Bertz CT molecular complexity index is 454. The number of hydrogen-bond donors (Lipinski definition) is 2. The Morgan fingerprint density at radius 2 is 2.06 bits per heavy atom. The molecule has 1 aromatic carbocycles. The largest absolute Gasteiger partial charge is 0.495 e. The molecule has 4 nitrogen and oxygen atoms in total. The van der Waals surface area contributed by atoms with Crippen molar-refractivity contribution in [3.8, 4) is 5.75 Å². The van der Waals surface area contributed by atoms with Crippen molar-refractivity contribution >= 4 is 11.5 Å². The number of aromatic nitrogens is 1. The van der Waals surface area contributed by atoms with E-state index in [0.29, 0.717) is 6.54 Å². The van der Waals surface area contributed by atoms with Gasteiger partial charge in [0.1, 0.15) is 11.6 Å². The van der Waals surface area contributed by atoms with Gasteiger partial charge in [-0.2, -0.15) is 0 Å². The molecule has 0 radical (unpaired) electrons. The minimum absolute atomic E-state index is 0.450. The smallest absolute Gasteiger partial charge is 0.142 e. The number of pyridine rings is 1. The van der Waals surface area contributed by atoms with Crippen LogP contribution in [-0.2, 0) is 6.54 Å². The first-order valence-electron chi connectivity index (χ1n) is 5.39. The van der Waals surface area contributed by atoms with E-state index >= 15 is 0 Å². The molecule has 1 aromatic heterocycles. The molecular weight excluding hydrogens is 214 g/mol.